The second-order valence-electron chi connectivity index (χ2n) is 2.98. The van der Waals surface area contributed by atoms with E-state index in [0.29, 0.717) is 13.0 Å². The van der Waals surface area contributed by atoms with Gasteiger partial charge < -0.3 is 14.6 Å². The van der Waals surface area contributed by atoms with Crippen LogP contribution in [0.1, 0.15) is 19.3 Å². The fourth-order valence-corrected chi connectivity index (χ4v) is 1.39. The zero-order valence-corrected chi connectivity index (χ0v) is 6.95. The van der Waals surface area contributed by atoms with Gasteiger partial charge in [-0.15, -0.1) is 0 Å². The van der Waals surface area contributed by atoms with Gasteiger partial charge in [0.05, 0.1) is 18.8 Å². The lowest BCUT2D eigenvalue weighted by Gasteiger charge is -2.13. The largest absolute Gasteiger partial charge is 0.391 e. The zero-order valence-electron chi connectivity index (χ0n) is 6.95. The van der Waals surface area contributed by atoms with Crippen molar-refractivity contribution in [1.82, 2.24) is 0 Å². The Morgan fingerprint density at radius 1 is 1.73 bits per heavy atom. The van der Waals surface area contributed by atoms with Gasteiger partial charge in [-0.1, -0.05) is 0 Å². The highest BCUT2D eigenvalue weighted by Gasteiger charge is 2.18. The van der Waals surface area contributed by atoms with E-state index in [-0.39, 0.29) is 12.2 Å². The standard InChI is InChI=1S/C8H16O3/c1-10-6-7(9)5-8-3-2-4-11-8/h7-9H,2-6H2,1H3. The van der Waals surface area contributed by atoms with E-state index in [9.17, 15) is 5.11 Å². The van der Waals surface area contributed by atoms with Crippen LogP contribution in [-0.2, 0) is 9.47 Å². The van der Waals surface area contributed by atoms with Crippen LogP contribution in [0.5, 0.6) is 0 Å². The van der Waals surface area contributed by atoms with Gasteiger partial charge in [-0.05, 0) is 12.8 Å². The van der Waals surface area contributed by atoms with Crippen molar-refractivity contribution < 1.29 is 14.6 Å². The summed E-state index contributed by atoms with van der Waals surface area (Å²) in [7, 11) is 1.60. The molecule has 0 spiro atoms. The first kappa shape index (κ1) is 8.97. The first-order valence-corrected chi connectivity index (χ1v) is 4.11. The summed E-state index contributed by atoms with van der Waals surface area (Å²) in [5, 5.41) is 9.30. The Balaban J connectivity index is 2.08. The molecule has 1 N–H and O–H groups in total. The maximum atomic E-state index is 9.30. The molecule has 3 heteroatoms. The third-order valence-electron chi connectivity index (χ3n) is 1.92. The fraction of sp³-hybridized carbons (Fsp3) is 1.00. The molecule has 11 heavy (non-hydrogen) atoms. The predicted octanol–water partition coefficient (Wildman–Crippen LogP) is 0.563. The van der Waals surface area contributed by atoms with Crippen molar-refractivity contribution in [3.8, 4) is 0 Å². The minimum Gasteiger partial charge on any atom is -0.391 e. The molecule has 0 saturated carbocycles. The number of aliphatic hydroxyl groups excluding tert-OH is 1. The Morgan fingerprint density at radius 3 is 3.09 bits per heavy atom. The maximum Gasteiger partial charge on any atom is 0.0798 e. The molecule has 1 heterocycles. The summed E-state index contributed by atoms with van der Waals surface area (Å²) in [6.45, 7) is 1.27. The molecule has 0 aromatic heterocycles. The van der Waals surface area contributed by atoms with Gasteiger partial charge in [-0.2, -0.15) is 0 Å². The van der Waals surface area contributed by atoms with Gasteiger partial charge >= 0.3 is 0 Å². The molecule has 2 atom stereocenters. The van der Waals surface area contributed by atoms with Gasteiger partial charge in [-0.3, -0.25) is 0 Å². The monoisotopic (exact) mass is 160 g/mol. The molecule has 1 fully saturated rings. The predicted molar refractivity (Wildman–Crippen MR) is 41.5 cm³/mol. The summed E-state index contributed by atoms with van der Waals surface area (Å²) in [5.74, 6) is 0. The van der Waals surface area contributed by atoms with E-state index in [1.54, 1.807) is 7.11 Å². The molecule has 0 aromatic rings. The lowest BCUT2D eigenvalue weighted by atomic mass is 10.1. The minimum atomic E-state index is -0.358. The highest BCUT2D eigenvalue weighted by molar-refractivity contribution is 4.68. The quantitative estimate of drug-likeness (QED) is 0.653. The molecule has 2 unspecified atom stereocenters. The molecule has 0 aromatic carbocycles. The van der Waals surface area contributed by atoms with Crippen molar-refractivity contribution in [2.45, 2.75) is 31.5 Å². The highest BCUT2D eigenvalue weighted by Crippen LogP contribution is 2.16. The average Bonchev–Trinajstić information content (AvgIpc) is 2.40. The first-order valence-electron chi connectivity index (χ1n) is 4.11. The lowest BCUT2D eigenvalue weighted by Crippen LogP contribution is -2.21. The first-order chi connectivity index (χ1) is 5.33. The number of ether oxygens (including phenoxy) is 2. The molecule has 0 bridgehead atoms. The second kappa shape index (κ2) is 4.70. The Labute approximate surface area is 67.3 Å². The van der Waals surface area contributed by atoms with Crippen LogP contribution in [-0.4, -0.2) is 37.6 Å². The maximum absolute atomic E-state index is 9.30. The van der Waals surface area contributed by atoms with Crippen LogP contribution in [0.3, 0.4) is 0 Å². The minimum absolute atomic E-state index is 0.264. The Kier molecular flexibility index (Phi) is 3.83. The van der Waals surface area contributed by atoms with Crippen molar-refractivity contribution in [1.29, 1.82) is 0 Å². The molecule has 1 saturated heterocycles. The Bertz CT molecular complexity index is 99.5. The van der Waals surface area contributed by atoms with E-state index in [2.05, 4.69) is 0 Å². The average molecular weight is 160 g/mol. The molecular weight excluding hydrogens is 144 g/mol. The molecule has 1 rings (SSSR count). The topological polar surface area (TPSA) is 38.7 Å². The van der Waals surface area contributed by atoms with Crippen LogP contribution in [0.15, 0.2) is 0 Å². The van der Waals surface area contributed by atoms with Crippen molar-refractivity contribution >= 4 is 0 Å². The summed E-state index contributed by atoms with van der Waals surface area (Å²) in [4.78, 5) is 0. The van der Waals surface area contributed by atoms with E-state index in [1.165, 1.54) is 0 Å². The van der Waals surface area contributed by atoms with E-state index in [0.717, 1.165) is 19.4 Å². The van der Waals surface area contributed by atoms with Crippen LogP contribution in [0.25, 0.3) is 0 Å². The van der Waals surface area contributed by atoms with Crippen molar-refractivity contribution in [3.63, 3.8) is 0 Å². The van der Waals surface area contributed by atoms with Gasteiger partial charge in [0.1, 0.15) is 0 Å². The third-order valence-corrected chi connectivity index (χ3v) is 1.92. The lowest BCUT2D eigenvalue weighted by molar-refractivity contribution is 0.0141. The van der Waals surface area contributed by atoms with Crippen molar-refractivity contribution in [3.05, 3.63) is 0 Å². The summed E-state index contributed by atoms with van der Waals surface area (Å²) in [5.41, 5.74) is 0. The Hall–Kier alpha value is -0.120. The van der Waals surface area contributed by atoms with E-state index < -0.39 is 0 Å². The van der Waals surface area contributed by atoms with Gasteiger partial charge in [0, 0.05) is 20.1 Å². The highest BCUT2D eigenvalue weighted by atomic mass is 16.5. The molecule has 0 aliphatic carbocycles. The molecular formula is C8H16O3. The summed E-state index contributed by atoms with van der Waals surface area (Å²) < 4.78 is 10.2. The van der Waals surface area contributed by atoms with E-state index in [1.807, 2.05) is 0 Å². The number of methoxy groups -OCH3 is 1. The number of rotatable bonds is 4. The second-order valence-corrected chi connectivity index (χ2v) is 2.98. The SMILES string of the molecule is COCC(O)CC1CCCO1. The number of aliphatic hydroxyl groups is 1. The third kappa shape index (κ3) is 3.18. The summed E-state index contributed by atoms with van der Waals surface area (Å²) in [6, 6.07) is 0. The van der Waals surface area contributed by atoms with E-state index >= 15 is 0 Å². The van der Waals surface area contributed by atoms with Crippen molar-refractivity contribution in [2.24, 2.45) is 0 Å². The van der Waals surface area contributed by atoms with Crippen LogP contribution in [0.2, 0.25) is 0 Å². The van der Waals surface area contributed by atoms with Gasteiger partial charge in [0.15, 0.2) is 0 Å². The molecule has 3 nitrogen and oxygen atoms in total. The smallest absolute Gasteiger partial charge is 0.0798 e. The molecule has 0 radical (unpaired) electrons. The van der Waals surface area contributed by atoms with Crippen molar-refractivity contribution in [2.75, 3.05) is 20.3 Å². The van der Waals surface area contributed by atoms with E-state index in [4.69, 9.17) is 9.47 Å². The molecule has 1 aliphatic heterocycles. The van der Waals surface area contributed by atoms with Gasteiger partial charge in [-0.25, -0.2) is 0 Å². The van der Waals surface area contributed by atoms with Crippen LogP contribution in [0.4, 0.5) is 0 Å². The number of hydrogen-bond acceptors (Lipinski definition) is 3. The van der Waals surface area contributed by atoms with Crippen LogP contribution >= 0.6 is 0 Å². The molecule has 0 amide bonds. The fourth-order valence-electron chi connectivity index (χ4n) is 1.39. The Morgan fingerprint density at radius 2 is 2.55 bits per heavy atom. The zero-order chi connectivity index (χ0) is 8.10. The van der Waals surface area contributed by atoms with Gasteiger partial charge in [0.25, 0.3) is 0 Å². The van der Waals surface area contributed by atoms with Crippen LogP contribution in [0, 0.1) is 0 Å². The summed E-state index contributed by atoms with van der Waals surface area (Å²) in [6.07, 6.45) is 2.84. The summed E-state index contributed by atoms with van der Waals surface area (Å²) >= 11 is 0. The molecule has 1 aliphatic rings. The molecule has 66 valence electrons. The normalized spacial score (nSPS) is 27.3. The van der Waals surface area contributed by atoms with Gasteiger partial charge in [0.2, 0.25) is 0 Å². The van der Waals surface area contributed by atoms with Crippen LogP contribution < -0.4 is 0 Å². The number of hydrogen-bond donors (Lipinski definition) is 1.